The van der Waals surface area contributed by atoms with E-state index in [4.69, 9.17) is 0 Å². The van der Waals surface area contributed by atoms with E-state index in [0.717, 1.165) is 11.6 Å². The monoisotopic (exact) mass is 326 g/mol. The second-order valence-corrected chi connectivity index (χ2v) is 9.11. The molecule has 0 N–H and O–H groups in total. The van der Waals surface area contributed by atoms with Crippen LogP contribution in [-0.2, 0) is 6.54 Å². The number of benzene rings is 1. The number of hydrogen-bond donors (Lipinski definition) is 0. The maximum Gasteiger partial charge on any atom is 0.0965 e. The topological polar surface area (TPSA) is 16.1 Å². The van der Waals surface area contributed by atoms with Crippen LogP contribution in [0.1, 0.15) is 50.8 Å². The third-order valence-corrected chi connectivity index (χ3v) is 5.21. The van der Waals surface area contributed by atoms with Crippen molar-refractivity contribution in [2.45, 2.75) is 56.0 Å². The summed E-state index contributed by atoms with van der Waals surface area (Å²) in [7, 11) is 0. The van der Waals surface area contributed by atoms with Crippen LogP contribution in [0.25, 0.3) is 0 Å². The molecule has 23 heavy (non-hydrogen) atoms. The minimum absolute atomic E-state index is 0.210. The summed E-state index contributed by atoms with van der Waals surface area (Å²) < 4.78 is 0.210. The van der Waals surface area contributed by atoms with Gasteiger partial charge in [0.2, 0.25) is 0 Å². The van der Waals surface area contributed by atoms with Gasteiger partial charge in [-0.25, -0.2) is 4.98 Å². The Kier molecular flexibility index (Phi) is 5.08. The molecule has 3 rings (SSSR count). The van der Waals surface area contributed by atoms with Crippen molar-refractivity contribution in [3.05, 3.63) is 59.8 Å². The molecule has 1 unspecified atom stereocenters. The van der Waals surface area contributed by atoms with Gasteiger partial charge in [-0.1, -0.05) is 57.2 Å². The van der Waals surface area contributed by atoms with Gasteiger partial charge in [0.05, 0.1) is 5.03 Å². The van der Waals surface area contributed by atoms with E-state index in [0.29, 0.717) is 6.04 Å². The van der Waals surface area contributed by atoms with Crippen LogP contribution in [0.2, 0.25) is 0 Å². The fraction of sp³-hybridized carbons (Fsp3) is 0.450. The van der Waals surface area contributed by atoms with Gasteiger partial charge in [-0.2, -0.15) is 0 Å². The molecule has 1 aliphatic heterocycles. The molecular formula is C20H26N2S. The normalized spacial score (nSPS) is 19.2. The molecule has 0 aliphatic carbocycles. The number of rotatable bonds is 4. The summed E-state index contributed by atoms with van der Waals surface area (Å²) in [6.45, 7) is 8.89. The Morgan fingerprint density at radius 3 is 2.57 bits per heavy atom. The second kappa shape index (κ2) is 7.06. The van der Waals surface area contributed by atoms with Gasteiger partial charge < -0.3 is 0 Å². The van der Waals surface area contributed by atoms with Gasteiger partial charge in [-0.3, -0.25) is 4.90 Å². The van der Waals surface area contributed by atoms with Crippen molar-refractivity contribution < 1.29 is 0 Å². The summed E-state index contributed by atoms with van der Waals surface area (Å²) in [6.07, 6.45) is 4.60. The Balaban J connectivity index is 1.70. The van der Waals surface area contributed by atoms with E-state index in [9.17, 15) is 0 Å². The van der Waals surface area contributed by atoms with Crippen LogP contribution in [0.5, 0.6) is 0 Å². The zero-order chi connectivity index (χ0) is 16.3. The first kappa shape index (κ1) is 16.5. The zero-order valence-electron chi connectivity index (χ0n) is 14.3. The van der Waals surface area contributed by atoms with Gasteiger partial charge in [0.15, 0.2) is 0 Å². The van der Waals surface area contributed by atoms with Gasteiger partial charge in [-0.05, 0) is 36.6 Å². The largest absolute Gasteiger partial charge is 0.292 e. The third kappa shape index (κ3) is 4.58. The van der Waals surface area contributed by atoms with Crippen molar-refractivity contribution in [1.82, 2.24) is 9.88 Å². The molecule has 2 heterocycles. The molecule has 2 aromatic rings. The molecule has 3 heteroatoms. The van der Waals surface area contributed by atoms with Crippen molar-refractivity contribution in [3.63, 3.8) is 0 Å². The highest BCUT2D eigenvalue weighted by atomic mass is 32.2. The van der Waals surface area contributed by atoms with E-state index in [2.05, 4.69) is 79.3 Å². The first-order chi connectivity index (χ1) is 11.0. The maximum atomic E-state index is 4.69. The fourth-order valence-corrected chi connectivity index (χ4v) is 4.04. The molecule has 0 spiro atoms. The highest BCUT2D eigenvalue weighted by Gasteiger charge is 2.26. The average molecular weight is 327 g/mol. The molecule has 1 fully saturated rings. The van der Waals surface area contributed by atoms with Crippen molar-refractivity contribution in [2.75, 3.05) is 6.54 Å². The number of pyridine rings is 1. The van der Waals surface area contributed by atoms with E-state index >= 15 is 0 Å². The molecule has 0 amide bonds. The smallest absolute Gasteiger partial charge is 0.0965 e. The molecule has 1 saturated heterocycles. The summed E-state index contributed by atoms with van der Waals surface area (Å²) in [5.74, 6) is 0. The van der Waals surface area contributed by atoms with Crippen molar-refractivity contribution in [2.24, 2.45) is 0 Å². The number of nitrogens with zero attached hydrogens (tertiary/aromatic N) is 2. The first-order valence-electron chi connectivity index (χ1n) is 8.44. The molecule has 2 nitrogen and oxygen atoms in total. The summed E-state index contributed by atoms with van der Waals surface area (Å²) in [6, 6.07) is 15.7. The van der Waals surface area contributed by atoms with Crippen molar-refractivity contribution in [3.8, 4) is 0 Å². The van der Waals surface area contributed by atoms with Crippen LogP contribution < -0.4 is 0 Å². The number of likely N-dealkylation sites (tertiary alicyclic amines) is 1. The first-order valence-corrected chi connectivity index (χ1v) is 9.26. The predicted octanol–water partition coefficient (Wildman–Crippen LogP) is 5.31. The number of hydrogen-bond acceptors (Lipinski definition) is 3. The van der Waals surface area contributed by atoms with E-state index in [1.807, 2.05) is 11.8 Å². The van der Waals surface area contributed by atoms with Crippen LogP contribution in [0, 0.1) is 0 Å². The van der Waals surface area contributed by atoms with E-state index in [1.165, 1.54) is 30.5 Å². The molecule has 1 aromatic heterocycles. The molecular weight excluding hydrogens is 300 g/mol. The highest BCUT2D eigenvalue weighted by Crippen LogP contribution is 2.35. The van der Waals surface area contributed by atoms with Crippen LogP contribution >= 0.6 is 11.8 Å². The molecule has 0 bridgehead atoms. The molecule has 0 radical (unpaired) electrons. The minimum atomic E-state index is 0.210. The molecule has 0 saturated carbocycles. The van der Waals surface area contributed by atoms with E-state index in [1.54, 1.807) is 0 Å². The quantitative estimate of drug-likeness (QED) is 0.708. The van der Waals surface area contributed by atoms with Crippen molar-refractivity contribution in [1.29, 1.82) is 0 Å². The number of thioether (sulfide) groups is 1. The summed E-state index contributed by atoms with van der Waals surface area (Å²) in [5, 5.41) is 1.12. The molecule has 1 aliphatic rings. The molecule has 122 valence electrons. The summed E-state index contributed by atoms with van der Waals surface area (Å²) >= 11 is 1.83. The Morgan fingerprint density at radius 2 is 1.91 bits per heavy atom. The number of aromatic nitrogens is 1. The van der Waals surface area contributed by atoms with Crippen molar-refractivity contribution >= 4 is 11.8 Å². The highest BCUT2D eigenvalue weighted by molar-refractivity contribution is 8.00. The van der Waals surface area contributed by atoms with Crippen LogP contribution in [0.3, 0.4) is 0 Å². The Hall–Kier alpha value is -1.32. The van der Waals surface area contributed by atoms with Crippen LogP contribution in [0.4, 0.5) is 0 Å². The third-order valence-electron chi connectivity index (χ3n) is 4.15. The summed E-state index contributed by atoms with van der Waals surface area (Å²) in [5.41, 5.74) is 2.75. The Labute approximate surface area is 144 Å². The Morgan fingerprint density at radius 1 is 1.13 bits per heavy atom. The lowest BCUT2D eigenvalue weighted by atomic mass is 10.1. The zero-order valence-corrected chi connectivity index (χ0v) is 15.1. The SMILES string of the molecule is CC(C)(C)Sc1ccc(C2CCCN2Cc2ccccc2)cn1. The van der Waals surface area contributed by atoms with E-state index in [-0.39, 0.29) is 4.75 Å². The Bertz CT molecular complexity index is 616. The predicted molar refractivity (Wildman–Crippen MR) is 98.7 cm³/mol. The van der Waals surface area contributed by atoms with Gasteiger partial charge in [-0.15, -0.1) is 11.8 Å². The summed E-state index contributed by atoms with van der Waals surface area (Å²) in [4.78, 5) is 7.27. The standard InChI is InChI=1S/C20H26N2S/c1-20(2,3)23-19-12-11-17(14-21-19)18-10-7-13-22(18)15-16-8-5-4-6-9-16/h4-6,8-9,11-12,14,18H,7,10,13,15H2,1-3H3. The fourth-order valence-electron chi connectivity index (χ4n) is 3.17. The van der Waals surface area contributed by atoms with Gasteiger partial charge in [0.25, 0.3) is 0 Å². The molecule has 1 atom stereocenters. The lowest BCUT2D eigenvalue weighted by molar-refractivity contribution is 0.248. The minimum Gasteiger partial charge on any atom is -0.292 e. The van der Waals surface area contributed by atoms with Crippen LogP contribution in [-0.4, -0.2) is 21.2 Å². The van der Waals surface area contributed by atoms with Gasteiger partial charge in [0, 0.05) is 23.5 Å². The van der Waals surface area contributed by atoms with Gasteiger partial charge >= 0.3 is 0 Å². The molecule has 1 aromatic carbocycles. The van der Waals surface area contributed by atoms with E-state index < -0.39 is 0 Å². The average Bonchev–Trinajstić information content (AvgIpc) is 2.96. The van der Waals surface area contributed by atoms with Crippen LogP contribution in [0.15, 0.2) is 53.7 Å². The second-order valence-electron chi connectivity index (χ2n) is 7.26. The maximum absolute atomic E-state index is 4.69. The lowest BCUT2D eigenvalue weighted by Crippen LogP contribution is -2.22. The lowest BCUT2D eigenvalue weighted by Gasteiger charge is -2.25. The van der Waals surface area contributed by atoms with Gasteiger partial charge in [0.1, 0.15) is 0 Å².